The lowest BCUT2D eigenvalue weighted by Gasteiger charge is -2.22. The Bertz CT molecular complexity index is 719. The lowest BCUT2D eigenvalue weighted by atomic mass is 9.78. The van der Waals surface area contributed by atoms with Gasteiger partial charge in [0.15, 0.2) is 0 Å². The monoisotopic (exact) mass is 545 g/mol. The number of hydrogen-bond acceptors (Lipinski definition) is 7. The number of halogens is 2. The summed E-state index contributed by atoms with van der Waals surface area (Å²) < 4.78 is 29.9. The van der Waals surface area contributed by atoms with Crippen molar-refractivity contribution in [3.05, 3.63) is 23.5 Å². The van der Waals surface area contributed by atoms with Gasteiger partial charge in [-0.3, -0.25) is 0 Å². The zero-order valence-electron chi connectivity index (χ0n) is 16.1. The molecule has 2 unspecified atom stereocenters. The zero-order chi connectivity index (χ0) is 22.2. The molecule has 1 rings (SSSR count). The van der Waals surface area contributed by atoms with E-state index in [4.69, 9.17) is 14.0 Å². The third-order valence-electron chi connectivity index (χ3n) is 3.37. The van der Waals surface area contributed by atoms with Gasteiger partial charge in [0, 0.05) is 17.9 Å². The van der Waals surface area contributed by atoms with Crippen molar-refractivity contribution in [1.29, 1.82) is 0 Å². The van der Waals surface area contributed by atoms with Gasteiger partial charge in [-0.2, -0.15) is 0 Å². The quantitative estimate of drug-likeness (QED) is 0.150. The summed E-state index contributed by atoms with van der Waals surface area (Å²) in [6.45, 7) is 5.35. The normalized spacial score (nSPS) is 12.7. The summed E-state index contributed by atoms with van der Waals surface area (Å²) in [5.41, 5.74) is -1.12. The van der Waals surface area contributed by atoms with Crippen LogP contribution in [0.15, 0.2) is 12.1 Å². The van der Waals surface area contributed by atoms with E-state index in [-0.39, 0.29) is 36.4 Å². The minimum atomic E-state index is -1.97. The van der Waals surface area contributed by atoms with Crippen LogP contribution < -0.4 is 15.5 Å². The highest BCUT2D eigenvalue weighted by molar-refractivity contribution is 14.2. The summed E-state index contributed by atoms with van der Waals surface area (Å²) in [4.78, 5) is 23.3. The lowest BCUT2D eigenvalue weighted by molar-refractivity contribution is -0.139. The van der Waals surface area contributed by atoms with Crippen LogP contribution in [-0.4, -0.2) is 59.2 Å². The summed E-state index contributed by atoms with van der Waals surface area (Å²) in [6, 6.07) is 0.527. The van der Waals surface area contributed by atoms with Crippen molar-refractivity contribution in [2.24, 2.45) is 0 Å². The molecule has 0 saturated carbocycles. The number of benzene rings is 1. The molecule has 1 amide bonds. The van der Waals surface area contributed by atoms with Crippen LogP contribution in [0.25, 0.3) is 0 Å². The highest BCUT2D eigenvalue weighted by atomic mass is 127. The van der Waals surface area contributed by atoms with Crippen LogP contribution in [-0.2, 0) is 20.5 Å². The number of nitrogens with one attached hydrogen (secondary N) is 1. The van der Waals surface area contributed by atoms with E-state index in [9.17, 15) is 29.1 Å². The highest BCUT2D eigenvalue weighted by Crippen LogP contribution is 2.21. The molecule has 0 radical (unpaired) electrons. The third-order valence-corrected chi connectivity index (χ3v) is 4.62. The van der Waals surface area contributed by atoms with Gasteiger partial charge in [0.25, 0.3) is 0 Å². The highest BCUT2D eigenvalue weighted by Gasteiger charge is 2.27. The molecule has 29 heavy (non-hydrogen) atoms. The number of carboxylic acids is 1. The molecule has 0 saturated heterocycles. The van der Waals surface area contributed by atoms with E-state index in [0.717, 1.165) is 12.1 Å². The van der Waals surface area contributed by atoms with Gasteiger partial charge in [-0.1, -0.05) is 6.07 Å². The molecule has 9 nitrogen and oxygen atoms in total. The average molecular weight is 545 g/mol. The number of carbonyl (C=O) groups is 2. The largest absolute Gasteiger partial charge is 0.492 e. The molecule has 0 fully saturated rings. The van der Waals surface area contributed by atoms with Gasteiger partial charge in [0.1, 0.15) is 29.8 Å². The molecule has 1 aromatic rings. The Morgan fingerprint density at radius 2 is 1.97 bits per heavy atom. The molecule has 0 aliphatic heterocycles. The zero-order valence-corrected chi connectivity index (χ0v) is 19.2. The summed E-state index contributed by atoms with van der Waals surface area (Å²) in [5, 5.41) is 30.6. The summed E-state index contributed by atoms with van der Waals surface area (Å²) >= 11 is 2.02. The molecule has 0 heterocycles. The Labute approximate surface area is 182 Å². The Hall–Kier alpha value is -1.21. The number of alkyl carbamates (subject to hydrolysis) is 1. The molecule has 4 N–H and O–H groups in total. The van der Waals surface area contributed by atoms with Gasteiger partial charge in [-0.05, 0) is 48.4 Å². The van der Waals surface area contributed by atoms with Gasteiger partial charge >= 0.3 is 19.2 Å². The van der Waals surface area contributed by atoms with E-state index in [1.807, 2.05) is 22.0 Å². The Morgan fingerprint density at radius 1 is 1.31 bits per heavy atom. The number of ether oxygens (including phenoxy) is 2. The van der Waals surface area contributed by atoms with Crippen molar-refractivity contribution >= 4 is 53.1 Å². The van der Waals surface area contributed by atoms with E-state index in [1.165, 1.54) is 0 Å². The first kappa shape index (κ1) is 25.8. The van der Waals surface area contributed by atoms with E-state index in [2.05, 4.69) is 5.32 Å². The average Bonchev–Trinajstić information content (AvgIpc) is 2.57. The number of hydrogen-bond donors (Lipinski definition) is 4. The molecule has 0 aromatic heterocycles. The minimum absolute atomic E-state index is 0.0620. The second-order valence-corrected chi connectivity index (χ2v) is 8.63. The van der Waals surface area contributed by atoms with Crippen LogP contribution in [0.4, 0.5) is 9.18 Å². The van der Waals surface area contributed by atoms with E-state index in [1.54, 1.807) is 20.8 Å². The van der Waals surface area contributed by atoms with Gasteiger partial charge in [0.2, 0.25) is 0 Å². The van der Waals surface area contributed by atoms with Crippen molar-refractivity contribution in [3.63, 3.8) is 0 Å². The molecule has 0 aliphatic rings. The molecule has 1 aromatic carbocycles. The van der Waals surface area contributed by atoms with Crippen LogP contribution in [0.3, 0.4) is 0 Å². The maximum atomic E-state index is 14.5. The SMILES string of the molecule is CC(C)(C)OC(=O)NC(Cc1cc(B(O)O)c(OCCOPI)cc1F)C(=O)O. The summed E-state index contributed by atoms with van der Waals surface area (Å²) in [7, 11) is -1.97. The molecule has 13 heteroatoms. The van der Waals surface area contributed by atoms with Crippen molar-refractivity contribution in [2.45, 2.75) is 38.8 Å². The van der Waals surface area contributed by atoms with E-state index < -0.39 is 43.1 Å². The minimum Gasteiger partial charge on any atom is -0.491 e. The van der Waals surface area contributed by atoms with Crippen molar-refractivity contribution in [2.75, 3.05) is 13.2 Å². The number of carbonyl (C=O) groups excluding carboxylic acids is 1. The molecule has 162 valence electrons. The van der Waals surface area contributed by atoms with Crippen molar-refractivity contribution < 1.29 is 43.1 Å². The first-order chi connectivity index (χ1) is 13.4. The predicted molar refractivity (Wildman–Crippen MR) is 115 cm³/mol. The van der Waals surface area contributed by atoms with Crippen molar-refractivity contribution in [3.8, 4) is 5.75 Å². The van der Waals surface area contributed by atoms with Crippen molar-refractivity contribution in [1.82, 2.24) is 5.32 Å². The smallest absolute Gasteiger partial charge is 0.491 e. The topological polar surface area (TPSA) is 135 Å². The number of aliphatic carboxylic acids is 1. The molecular formula is C16H23BFINO8P. The first-order valence-corrected chi connectivity index (χ1v) is 12.5. The molecule has 0 bridgehead atoms. The van der Waals surface area contributed by atoms with Crippen LogP contribution in [0.1, 0.15) is 26.3 Å². The van der Waals surface area contributed by atoms with Crippen LogP contribution >= 0.6 is 28.5 Å². The van der Waals surface area contributed by atoms with Gasteiger partial charge in [-0.25, -0.2) is 14.0 Å². The predicted octanol–water partition coefficient (Wildman–Crippen LogP) is 1.36. The van der Waals surface area contributed by atoms with Gasteiger partial charge < -0.3 is 34.5 Å². The molecular weight excluding hydrogens is 522 g/mol. The fraction of sp³-hybridized carbons (Fsp3) is 0.500. The summed E-state index contributed by atoms with van der Waals surface area (Å²) in [5.74, 6) is -2.33. The summed E-state index contributed by atoms with van der Waals surface area (Å²) in [6.07, 6.45) is -1.41. The maximum Gasteiger partial charge on any atom is 0.492 e. The number of amides is 1. The second-order valence-electron chi connectivity index (χ2n) is 6.87. The Kier molecular flexibility index (Phi) is 10.6. The fourth-order valence-electron chi connectivity index (χ4n) is 2.20. The molecule has 2 atom stereocenters. The third kappa shape index (κ3) is 9.43. The van der Waals surface area contributed by atoms with Gasteiger partial charge in [-0.15, -0.1) is 0 Å². The van der Waals surface area contributed by atoms with Crippen LogP contribution in [0, 0.1) is 5.82 Å². The molecule has 0 spiro atoms. The van der Waals surface area contributed by atoms with E-state index >= 15 is 0 Å². The molecule has 0 aliphatic carbocycles. The Balaban J connectivity index is 3.01. The number of rotatable bonds is 10. The van der Waals surface area contributed by atoms with Crippen LogP contribution in [0.2, 0.25) is 0 Å². The maximum absolute atomic E-state index is 14.5. The Morgan fingerprint density at radius 3 is 2.48 bits per heavy atom. The van der Waals surface area contributed by atoms with Crippen LogP contribution in [0.5, 0.6) is 5.75 Å². The van der Waals surface area contributed by atoms with E-state index in [0.29, 0.717) is 0 Å². The second kappa shape index (κ2) is 11.8. The number of carboxylic acid groups (broad SMARTS) is 1. The fourth-order valence-corrected chi connectivity index (χ4v) is 3.02. The lowest BCUT2D eigenvalue weighted by Crippen LogP contribution is -2.45. The van der Waals surface area contributed by atoms with Gasteiger partial charge in [0.05, 0.1) is 13.1 Å². The first-order valence-electron chi connectivity index (χ1n) is 8.45. The standard InChI is InChI=1S/C16H23BFINO8P/c1-16(2,3)28-15(23)20-12(14(21)22)7-9-6-10(17(24)25)13(8-11(9)18)26-4-5-27-29-19/h6,8,12,24-25,29H,4-5,7H2,1-3H3,(H,20,23)(H,21,22).